The lowest BCUT2D eigenvalue weighted by molar-refractivity contribution is -0.274. The standard InChI is InChI=1S/C28H32F3NO3/c1-2-3-7-19-34-27-16-13-24(23-11-14-25(15-12-23)35-28(29,30)31)20-26(27)32-17-8-18-33-21-22-9-5-4-6-10-22/h4-6,9-16,20,32H,2-3,7-8,17-19,21H2,1H3. The van der Waals surface area contributed by atoms with E-state index in [0.717, 1.165) is 53.8 Å². The Morgan fingerprint density at radius 3 is 2.26 bits per heavy atom. The van der Waals surface area contributed by atoms with Crippen molar-refractivity contribution in [1.29, 1.82) is 0 Å². The summed E-state index contributed by atoms with van der Waals surface area (Å²) in [6.45, 7) is 4.67. The maximum atomic E-state index is 12.4. The van der Waals surface area contributed by atoms with E-state index in [0.29, 0.717) is 26.4 Å². The summed E-state index contributed by atoms with van der Waals surface area (Å²) in [7, 11) is 0. The van der Waals surface area contributed by atoms with E-state index in [1.165, 1.54) is 12.1 Å². The third-order valence-electron chi connectivity index (χ3n) is 5.30. The van der Waals surface area contributed by atoms with Crippen molar-refractivity contribution >= 4 is 5.69 Å². The monoisotopic (exact) mass is 487 g/mol. The van der Waals surface area contributed by atoms with Gasteiger partial charge in [0.25, 0.3) is 0 Å². The Balaban J connectivity index is 1.60. The molecule has 0 spiro atoms. The Labute approximate surface area is 205 Å². The average molecular weight is 488 g/mol. The van der Waals surface area contributed by atoms with Crippen molar-refractivity contribution in [3.05, 3.63) is 78.4 Å². The van der Waals surface area contributed by atoms with E-state index >= 15 is 0 Å². The smallest absolute Gasteiger partial charge is 0.491 e. The predicted molar refractivity (Wildman–Crippen MR) is 133 cm³/mol. The maximum absolute atomic E-state index is 12.4. The van der Waals surface area contributed by atoms with Gasteiger partial charge in [0, 0.05) is 13.2 Å². The third kappa shape index (κ3) is 9.53. The Morgan fingerprint density at radius 1 is 0.800 bits per heavy atom. The highest BCUT2D eigenvalue weighted by Crippen LogP contribution is 2.32. The number of halogens is 3. The molecule has 7 heteroatoms. The molecule has 0 aliphatic rings. The molecule has 188 valence electrons. The number of anilines is 1. The van der Waals surface area contributed by atoms with Gasteiger partial charge in [-0.2, -0.15) is 0 Å². The van der Waals surface area contributed by atoms with Crippen LogP contribution in [0.25, 0.3) is 11.1 Å². The van der Waals surface area contributed by atoms with Crippen LogP contribution >= 0.6 is 0 Å². The highest BCUT2D eigenvalue weighted by atomic mass is 19.4. The van der Waals surface area contributed by atoms with Crippen LogP contribution in [0.5, 0.6) is 11.5 Å². The number of benzene rings is 3. The summed E-state index contributed by atoms with van der Waals surface area (Å²) >= 11 is 0. The Kier molecular flexibility index (Phi) is 10.3. The zero-order valence-corrected chi connectivity index (χ0v) is 19.9. The van der Waals surface area contributed by atoms with Gasteiger partial charge in [-0.15, -0.1) is 13.2 Å². The van der Waals surface area contributed by atoms with E-state index in [1.807, 2.05) is 48.5 Å². The minimum absolute atomic E-state index is 0.244. The number of unbranched alkanes of at least 4 members (excludes halogenated alkanes) is 2. The van der Waals surface area contributed by atoms with Gasteiger partial charge in [-0.3, -0.25) is 0 Å². The lowest BCUT2D eigenvalue weighted by atomic mass is 10.0. The van der Waals surface area contributed by atoms with Crippen molar-refractivity contribution in [3.63, 3.8) is 0 Å². The van der Waals surface area contributed by atoms with Gasteiger partial charge in [-0.05, 0) is 53.8 Å². The molecule has 0 aliphatic carbocycles. The van der Waals surface area contributed by atoms with Crippen LogP contribution in [0.3, 0.4) is 0 Å². The second-order valence-corrected chi connectivity index (χ2v) is 8.16. The number of nitrogens with one attached hydrogen (secondary N) is 1. The van der Waals surface area contributed by atoms with Crippen LogP contribution in [-0.4, -0.2) is 26.1 Å². The maximum Gasteiger partial charge on any atom is 0.573 e. The van der Waals surface area contributed by atoms with Gasteiger partial charge in [0.05, 0.1) is 18.9 Å². The molecule has 0 aliphatic heterocycles. The van der Waals surface area contributed by atoms with Crippen LogP contribution in [-0.2, 0) is 11.3 Å². The molecule has 0 bridgehead atoms. The summed E-state index contributed by atoms with van der Waals surface area (Å²) in [5.74, 6) is 0.512. The molecule has 3 rings (SSSR count). The Bertz CT molecular complexity index is 1010. The fraction of sp³-hybridized carbons (Fsp3) is 0.357. The molecule has 1 N–H and O–H groups in total. The lowest BCUT2D eigenvalue weighted by Crippen LogP contribution is -2.16. The minimum Gasteiger partial charge on any atom is -0.491 e. The first-order valence-corrected chi connectivity index (χ1v) is 11.9. The third-order valence-corrected chi connectivity index (χ3v) is 5.30. The van der Waals surface area contributed by atoms with Crippen LogP contribution in [0.1, 0.15) is 38.2 Å². The molecule has 4 nitrogen and oxygen atoms in total. The van der Waals surface area contributed by atoms with Gasteiger partial charge in [0.15, 0.2) is 0 Å². The minimum atomic E-state index is -4.71. The molecule has 0 amide bonds. The lowest BCUT2D eigenvalue weighted by Gasteiger charge is -2.16. The van der Waals surface area contributed by atoms with Gasteiger partial charge in [0.2, 0.25) is 0 Å². The van der Waals surface area contributed by atoms with E-state index in [-0.39, 0.29) is 5.75 Å². The zero-order chi connectivity index (χ0) is 24.9. The van der Waals surface area contributed by atoms with Gasteiger partial charge in [0.1, 0.15) is 11.5 Å². The summed E-state index contributed by atoms with van der Waals surface area (Å²) in [6, 6.07) is 21.6. The number of hydrogen-bond acceptors (Lipinski definition) is 4. The molecule has 0 atom stereocenters. The molecule has 3 aromatic rings. The molecular weight excluding hydrogens is 455 g/mol. The van der Waals surface area contributed by atoms with Crippen molar-refractivity contribution < 1.29 is 27.4 Å². The highest BCUT2D eigenvalue weighted by molar-refractivity contribution is 5.72. The highest BCUT2D eigenvalue weighted by Gasteiger charge is 2.30. The second-order valence-electron chi connectivity index (χ2n) is 8.16. The molecule has 0 aromatic heterocycles. The number of rotatable bonds is 14. The summed E-state index contributed by atoms with van der Waals surface area (Å²) in [4.78, 5) is 0. The summed E-state index contributed by atoms with van der Waals surface area (Å²) < 4.78 is 53.0. The first-order valence-electron chi connectivity index (χ1n) is 11.9. The van der Waals surface area contributed by atoms with Crippen molar-refractivity contribution in [3.8, 4) is 22.6 Å². The molecule has 35 heavy (non-hydrogen) atoms. The zero-order valence-electron chi connectivity index (χ0n) is 19.9. The predicted octanol–water partition coefficient (Wildman–Crippen LogP) is 7.84. The Morgan fingerprint density at radius 2 is 1.54 bits per heavy atom. The Hall–Kier alpha value is -3.19. The van der Waals surface area contributed by atoms with Gasteiger partial charge < -0.3 is 19.5 Å². The van der Waals surface area contributed by atoms with Crippen molar-refractivity contribution in [2.45, 2.75) is 45.6 Å². The molecule has 3 aromatic carbocycles. The van der Waals surface area contributed by atoms with Gasteiger partial charge in [-0.25, -0.2) is 0 Å². The van der Waals surface area contributed by atoms with Crippen molar-refractivity contribution in [2.75, 3.05) is 25.1 Å². The van der Waals surface area contributed by atoms with Crippen LogP contribution in [0, 0.1) is 0 Å². The molecule has 0 saturated carbocycles. The van der Waals surface area contributed by atoms with E-state index in [1.54, 1.807) is 12.1 Å². The molecular formula is C28H32F3NO3. The fourth-order valence-corrected chi connectivity index (χ4v) is 3.52. The average Bonchev–Trinajstić information content (AvgIpc) is 2.84. The van der Waals surface area contributed by atoms with E-state index in [4.69, 9.17) is 9.47 Å². The first-order chi connectivity index (χ1) is 16.9. The van der Waals surface area contributed by atoms with E-state index in [9.17, 15) is 13.2 Å². The summed E-state index contributed by atoms with van der Waals surface area (Å²) in [5, 5.41) is 3.43. The molecule has 0 radical (unpaired) electrons. The SMILES string of the molecule is CCCCCOc1ccc(-c2ccc(OC(F)(F)F)cc2)cc1NCCCOCc1ccccc1. The van der Waals surface area contributed by atoms with E-state index in [2.05, 4.69) is 17.0 Å². The summed E-state index contributed by atoms with van der Waals surface area (Å²) in [6.07, 6.45) is -0.696. The summed E-state index contributed by atoms with van der Waals surface area (Å²) in [5.41, 5.74) is 3.64. The van der Waals surface area contributed by atoms with Crippen LogP contribution in [0.15, 0.2) is 72.8 Å². The molecule has 0 heterocycles. The first kappa shape index (κ1) is 26.4. The van der Waals surface area contributed by atoms with E-state index < -0.39 is 6.36 Å². The van der Waals surface area contributed by atoms with Gasteiger partial charge >= 0.3 is 6.36 Å². The molecule has 0 fully saturated rings. The number of alkyl halides is 3. The van der Waals surface area contributed by atoms with Crippen LogP contribution in [0.4, 0.5) is 18.9 Å². The van der Waals surface area contributed by atoms with Crippen molar-refractivity contribution in [2.24, 2.45) is 0 Å². The fourth-order valence-electron chi connectivity index (χ4n) is 3.52. The largest absolute Gasteiger partial charge is 0.573 e. The molecule has 0 saturated heterocycles. The molecule has 0 unspecified atom stereocenters. The van der Waals surface area contributed by atoms with Crippen molar-refractivity contribution in [1.82, 2.24) is 0 Å². The number of hydrogen-bond donors (Lipinski definition) is 1. The van der Waals surface area contributed by atoms with Crippen LogP contribution < -0.4 is 14.8 Å². The second kappa shape index (κ2) is 13.6. The number of ether oxygens (including phenoxy) is 3. The van der Waals surface area contributed by atoms with Crippen LogP contribution in [0.2, 0.25) is 0 Å². The van der Waals surface area contributed by atoms with Gasteiger partial charge in [-0.1, -0.05) is 68.3 Å². The quantitative estimate of drug-likeness (QED) is 0.235. The normalized spacial score (nSPS) is 11.3. The topological polar surface area (TPSA) is 39.7 Å².